The number of nitrogens with zero attached hydrogens (tertiary/aromatic N) is 3. The Kier molecular flexibility index (Phi) is 6.58. The van der Waals surface area contributed by atoms with Crippen molar-refractivity contribution < 1.29 is 18.9 Å². The predicted octanol–water partition coefficient (Wildman–Crippen LogP) is 3.29. The number of morpholine rings is 1. The highest BCUT2D eigenvalue weighted by Gasteiger charge is 2.21. The van der Waals surface area contributed by atoms with Gasteiger partial charge in [0, 0.05) is 38.3 Å². The molecule has 1 saturated heterocycles. The summed E-state index contributed by atoms with van der Waals surface area (Å²) in [5, 5.41) is 14.3. The molecule has 3 heterocycles. The molecule has 1 amide bonds. The SMILES string of the molecule is Cc1nc(-c2ccco2)cc(-c2cccc([N+](=O)[O-])c2)c1C(=O)NCCN1CCOCC1. The Bertz CT molecular complexity index is 1110. The van der Waals surface area contributed by atoms with Gasteiger partial charge in [-0.2, -0.15) is 0 Å². The minimum absolute atomic E-state index is 0.0461. The lowest BCUT2D eigenvalue weighted by Gasteiger charge is -2.26. The summed E-state index contributed by atoms with van der Waals surface area (Å²) >= 11 is 0. The van der Waals surface area contributed by atoms with Crippen LogP contribution in [0.4, 0.5) is 5.69 Å². The lowest BCUT2D eigenvalue weighted by Crippen LogP contribution is -2.41. The maximum absolute atomic E-state index is 13.2. The van der Waals surface area contributed by atoms with Gasteiger partial charge in [-0.05, 0) is 36.2 Å². The molecule has 0 spiro atoms. The van der Waals surface area contributed by atoms with Crippen LogP contribution in [0.25, 0.3) is 22.6 Å². The maximum Gasteiger partial charge on any atom is 0.270 e. The van der Waals surface area contributed by atoms with Gasteiger partial charge in [0.25, 0.3) is 11.6 Å². The van der Waals surface area contributed by atoms with E-state index in [4.69, 9.17) is 9.15 Å². The number of carbonyl (C=O) groups excluding carboxylic acids is 1. The molecule has 2 aromatic heterocycles. The first-order valence-electron chi connectivity index (χ1n) is 10.4. The first-order chi connectivity index (χ1) is 15.5. The van der Waals surface area contributed by atoms with Gasteiger partial charge in [0.2, 0.25) is 0 Å². The van der Waals surface area contributed by atoms with Crippen LogP contribution in [0, 0.1) is 17.0 Å². The van der Waals surface area contributed by atoms with Crippen LogP contribution in [0.5, 0.6) is 0 Å². The second-order valence-electron chi connectivity index (χ2n) is 7.51. The number of ether oxygens (including phenoxy) is 1. The van der Waals surface area contributed by atoms with E-state index in [0.717, 1.165) is 19.6 Å². The monoisotopic (exact) mass is 436 g/mol. The van der Waals surface area contributed by atoms with Crippen molar-refractivity contribution in [2.75, 3.05) is 39.4 Å². The topological polar surface area (TPSA) is 111 Å². The fourth-order valence-corrected chi connectivity index (χ4v) is 3.77. The molecule has 1 N–H and O–H groups in total. The highest BCUT2D eigenvalue weighted by atomic mass is 16.6. The van der Waals surface area contributed by atoms with Gasteiger partial charge in [-0.1, -0.05) is 12.1 Å². The van der Waals surface area contributed by atoms with Gasteiger partial charge in [0.05, 0.1) is 35.7 Å². The molecule has 166 valence electrons. The van der Waals surface area contributed by atoms with Crippen LogP contribution >= 0.6 is 0 Å². The summed E-state index contributed by atoms with van der Waals surface area (Å²) in [6.07, 6.45) is 1.55. The van der Waals surface area contributed by atoms with Crippen molar-refractivity contribution in [1.82, 2.24) is 15.2 Å². The van der Waals surface area contributed by atoms with Crippen molar-refractivity contribution >= 4 is 11.6 Å². The normalized spacial score (nSPS) is 14.3. The molecule has 1 fully saturated rings. The number of non-ortho nitro benzene ring substituents is 1. The molecule has 4 rings (SSSR count). The van der Waals surface area contributed by atoms with Gasteiger partial charge >= 0.3 is 0 Å². The van der Waals surface area contributed by atoms with Crippen LogP contribution in [0.2, 0.25) is 0 Å². The molecule has 0 bridgehead atoms. The second kappa shape index (κ2) is 9.71. The Hall–Kier alpha value is -3.56. The molecule has 0 radical (unpaired) electrons. The molecule has 1 aliphatic heterocycles. The number of nitro groups is 1. The van der Waals surface area contributed by atoms with E-state index in [1.54, 1.807) is 43.5 Å². The van der Waals surface area contributed by atoms with E-state index in [0.29, 0.717) is 53.6 Å². The zero-order chi connectivity index (χ0) is 22.5. The Morgan fingerprint density at radius 3 is 2.75 bits per heavy atom. The Labute approximate surface area is 185 Å². The van der Waals surface area contributed by atoms with E-state index in [9.17, 15) is 14.9 Å². The predicted molar refractivity (Wildman–Crippen MR) is 118 cm³/mol. The van der Waals surface area contributed by atoms with Crippen molar-refractivity contribution in [2.24, 2.45) is 0 Å². The number of hydrogen-bond donors (Lipinski definition) is 1. The van der Waals surface area contributed by atoms with Crippen LogP contribution in [0.1, 0.15) is 16.1 Å². The summed E-state index contributed by atoms with van der Waals surface area (Å²) in [6.45, 7) is 6.03. The highest BCUT2D eigenvalue weighted by molar-refractivity contribution is 6.02. The van der Waals surface area contributed by atoms with Crippen molar-refractivity contribution in [2.45, 2.75) is 6.92 Å². The Morgan fingerprint density at radius 2 is 2.03 bits per heavy atom. The lowest BCUT2D eigenvalue weighted by molar-refractivity contribution is -0.384. The Morgan fingerprint density at radius 1 is 1.22 bits per heavy atom. The number of amides is 1. The molecule has 9 nitrogen and oxygen atoms in total. The van der Waals surface area contributed by atoms with E-state index in [1.807, 2.05) is 0 Å². The number of benzene rings is 1. The molecule has 0 aliphatic carbocycles. The highest BCUT2D eigenvalue weighted by Crippen LogP contribution is 2.32. The van der Waals surface area contributed by atoms with Crippen molar-refractivity contribution in [3.8, 4) is 22.6 Å². The average Bonchev–Trinajstić information content (AvgIpc) is 3.34. The summed E-state index contributed by atoms with van der Waals surface area (Å²) in [6, 6.07) is 11.5. The summed E-state index contributed by atoms with van der Waals surface area (Å²) in [5.74, 6) is 0.287. The minimum atomic E-state index is -0.451. The molecule has 0 saturated carbocycles. The molecule has 9 heteroatoms. The van der Waals surface area contributed by atoms with E-state index < -0.39 is 4.92 Å². The van der Waals surface area contributed by atoms with Crippen LogP contribution in [0.3, 0.4) is 0 Å². The van der Waals surface area contributed by atoms with Crippen LogP contribution in [-0.2, 0) is 4.74 Å². The Balaban J connectivity index is 1.66. The summed E-state index contributed by atoms with van der Waals surface area (Å²) in [7, 11) is 0. The molecular formula is C23H24N4O5. The molecule has 3 aromatic rings. The average molecular weight is 436 g/mol. The standard InChI is InChI=1S/C23H24N4O5/c1-16-22(23(28)24-7-8-26-9-12-31-13-10-26)19(15-20(25-16)21-6-3-11-32-21)17-4-2-5-18(14-17)27(29)30/h2-6,11,14-15H,7-10,12-13H2,1H3,(H,24,28). The van der Waals surface area contributed by atoms with Gasteiger partial charge < -0.3 is 14.5 Å². The first kappa shape index (κ1) is 21.7. The quantitative estimate of drug-likeness (QED) is 0.447. The molecule has 0 unspecified atom stereocenters. The molecular weight excluding hydrogens is 412 g/mol. The van der Waals surface area contributed by atoms with E-state index in [2.05, 4.69) is 15.2 Å². The number of aryl methyl sites for hydroxylation is 1. The third kappa shape index (κ3) is 4.84. The molecule has 0 atom stereocenters. The molecule has 1 aromatic carbocycles. The summed E-state index contributed by atoms with van der Waals surface area (Å²) in [4.78, 5) is 30.8. The number of pyridine rings is 1. The third-order valence-electron chi connectivity index (χ3n) is 5.39. The fraction of sp³-hybridized carbons (Fsp3) is 0.304. The van der Waals surface area contributed by atoms with E-state index in [1.165, 1.54) is 12.1 Å². The zero-order valence-electron chi connectivity index (χ0n) is 17.7. The molecule has 1 aliphatic rings. The third-order valence-corrected chi connectivity index (χ3v) is 5.39. The number of aromatic nitrogens is 1. The largest absolute Gasteiger partial charge is 0.463 e. The zero-order valence-corrected chi connectivity index (χ0v) is 17.7. The number of carbonyl (C=O) groups is 1. The van der Waals surface area contributed by atoms with Crippen LogP contribution in [-0.4, -0.2) is 60.1 Å². The lowest BCUT2D eigenvalue weighted by atomic mass is 9.96. The summed E-state index contributed by atoms with van der Waals surface area (Å²) < 4.78 is 10.8. The van der Waals surface area contributed by atoms with Gasteiger partial charge in [-0.15, -0.1) is 0 Å². The first-order valence-corrected chi connectivity index (χ1v) is 10.4. The number of hydrogen-bond acceptors (Lipinski definition) is 7. The van der Waals surface area contributed by atoms with Gasteiger partial charge in [-0.3, -0.25) is 19.8 Å². The van der Waals surface area contributed by atoms with Crippen molar-refractivity contribution in [1.29, 1.82) is 0 Å². The van der Waals surface area contributed by atoms with Gasteiger partial charge in [0.15, 0.2) is 5.76 Å². The number of furan rings is 1. The van der Waals surface area contributed by atoms with Gasteiger partial charge in [-0.25, -0.2) is 4.98 Å². The van der Waals surface area contributed by atoms with Crippen molar-refractivity contribution in [3.63, 3.8) is 0 Å². The number of nitrogens with one attached hydrogen (secondary N) is 1. The van der Waals surface area contributed by atoms with Crippen LogP contribution in [0.15, 0.2) is 53.1 Å². The van der Waals surface area contributed by atoms with Crippen LogP contribution < -0.4 is 5.32 Å². The number of nitro benzene ring substituents is 1. The second-order valence-corrected chi connectivity index (χ2v) is 7.51. The summed E-state index contributed by atoms with van der Waals surface area (Å²) in [5.41, 5.74) is 2.55. The van der Waals surface area contributed by atoms with Crippen molar-refractivity contribution in [3.05, 3.63) is 70.1 Å². The molecule has 32 heavy (non-hydrogen) atoms. The smallest absolute Gasteiger partial charge is 0.270 e. The van der Waals surface area contributed by atoms with E-state index in [-0.39, 0.29) is 11.6 Å². The van der Waals surface area contributed by atoms with Gasteiger partial charge in [0.1, 0.15) is 5.69 Å². The maximum atomic E-state index is 13.2. The number of rotatable bonds is 7. The fourth-order valence-electron chi connectivity index (χ4n) is 3.77. The van der Waals surface area contributed by atoms with E-state index >= 15 is 0 Å². The minimum Gasteiger partial charge on any atom is -0.463 e.